The summed E-state index contributed by atoms with van der Waals surface area (Å²) in [4.78, 5) is 24.2. The van der Waals surface area contributed by atoms with Gasteiger partial charge in [0.2, 0.25) is 11.8 Å². The Kier molecular flexibility index (Phi) is 3.81. The van der Waals surface area contributed by atoms with Crippen LogP contribution < -0.4 is 10.6 Å². The van der Waals surface area contributed by atoms with Crippen LogP contribution in [0.2, 0.25) is 0 Å². The van der Waals surface area contributed by atoms with E-state index in [1.807, 2.05) is 6.07 Å². The van der Waals surface area contributed by atoms with Crippen LogP contribution in [0, 0.1) is 30.1 Å². The first-order valence-electron chi connectivity index (χ1n) is 7.12. The highest BCUT2D eigenvalue weighted by Crippen LogP contribution is 2.40. The van der Waals surface area contributed by atoms with Crippen molar-refractivity contribution < 1.29 is 14.1 Å². The lowest BCUT2D eigenvalue weighted by Gasteiger charge is -2.05. The number of benzene rings is 1. The van der Waals surface area contributed by atoms with Gasteiger partial charge in [0, 0.05) is 11.8 Å². The number of rotatable bonds is 4. The van der Waals surface area contributed by atoms with E-state index in [2.05, 4.69) is 15.8 Å². The molecule has 1 aromatic carbocycles. The van der Waals surface area contributed by atoms with Crippen molar-refractivity contribution in [2.24, 2.45) is 11.8 Å². The Morgan fingerprint density at radius 2 is 2.00 bits per heavy atom. The smallest absolute Gasteiger partial charge is 0.229 e. The Morgan fingerprint density at radius 1 is 1.26 bits per heavy atom. The van der Waals surface area contributed by atoms with Crippen LogP contribution in [0.1, 0.15) is 17.7 Å². The van der Waals surface area contributed by atoms with Crippen LogP contribution in [0.15, 0.2) is 34.9 Å². The predicted molar refractivity (Wildman–Crippen MR) is 81.3 cm³/mol. The van der Waals surface area contributed by atoms with E-state index < -0.39 is 0 Å². The first-order chi connectivity index (χ1) is 11.1. The Morgan fingerprint density at radius 3 is 2.65 bits per heavy atom. The zero-order valence-electron chi connectivity index (χ0n) is 12.4. The number of hydrogen-bond donors (Lipinski definition) is 2. The molecule has 3 rings (SSSR count). The number of anilines is 2. The van der Waals surface area contributed by atoms with Gasteiger partial charge in [0.25, 0.3) is 0 Å². The van der Waals surface area contributed by atoms with Crippen molar-refractivity contribution in [3.05, 3.63) is 41.7 Å². The van der Waals surface area contributed by atoms with Crippen molar-refractivity contribution in [1.29, 1.82) is 5.26 Å². The molecule has 0 radical (unpaired) electrons. The van der Waals surface area contributed by atoms with E-state index in [0.29, 0.717) is 29.2 Å². The SMILES string of the molecule is Cc1cc(NC(=O)C2CC2C(=O)Nc2cccc(C#N)c2)no1. The van der Waals surface area contributed by atoms with E-state index in [9.17, 15) is 9.59 Å². The van der Waals surface area contributed by atoms with Gasteiger partial charge < -0.3 is 15.2 Å². The molecule has 116 valence electrons. The van der Waals surface area contributed by atoms with Gasteiger partial charge in [-0.2, -0.15) is 5.26 Å². The number of amides is 2. The van der Waals surface area contributed by atoms with E-state index >= 15 is 0 Å². The number of nitrogens with zero attached hydrogens (tertiary/aromatic N) is 2. The molecule has 1 aromatic heterocycles. The molecule has 0 aliphatic heterocycles. The summed E-state index contributed by atoms with van der Waals surface area (Å²) in [6, 6.07) is 10.3. The standard InChI is InChI=1S/C16H14N4O3/c1-9-5-14(20-23-9)19-16(22)13-7-12(13)15(21)18-11-4-2-3-10(6-11)8-17/h2-6,12-13H,7H2,1H3,(H,18,21)(H,19,20,22). The van der Waals surface area contributed by atoms with Gasteiger partial charge in [-0.05, 0) is 31.5 Å². The number of hydrogen-bond acceptors (Lipinski definition) is 5. The second-order valence-electron chi connectivity index (χ2n) is 5.44. The third-order valence-corrected chi connectivity index (χ3v) is 3.60. The second kappa shape index (κ2) is 5.93. The van der Waals surface area contributed by atoms with Gasteiger partial charge in [-0.1, -0.05) is 11.2 Å². The van der Waals surface area contributed by atoms with Crippen molar-refractivity contribution in [3.8, 4) is 6.07 Å². The predicted octanol–water partition coefficient (Wildman–Crippen LogP) is 2.07. The van der Waals surface area contributed by atoms with E-state index in [1.165, 1.54) is 0 Å². The van der Waals surface area contributed by atoms with E-state index in [0.717, 1.165) is 0 Å². The summed E-state index contributed by atoms with van der Waals surface area (Å²) >= 11 is 0. The third-order valence-electron chi connectivity index (χ3n) is 3.60. The van der Waals surface area contributed by atoms with Gasteiger partial charge in [-0.3, -0.25) is 9.59 Å². The Labute approximate surface area is 132 Å². The van der Waals surface area contributed by atoms with Crippen LogP contribution in [0.25, 0.3) is 0 Å². The van der Waals surface area contributed by atoms with Crippen molar-refractivity contribution in [1.82, 2.24) is 5.16 Å². The van der Waals surface area contributed by atoms with Crippen molar-refractivity contribution in [2.75, 3.05) is 10.6 Å². The normalized spacial score (nSPS) is 18.8. The molecule has 7 nitrogen and oxygen atoms in total. The molecule has 2 N–H and O–H groups in total. The minimum Gasteiger partial charge on any atom is -0.360 e. The maximum Gasteiger partial charge on any atom is 0.229 e. The number of nitriles is 1. The number of carbonyl (C=O) groups is 2. The molecular weight excluding hydrogens is 296 g/mol. The lowest BCUT2D eigenvalue weighted by atomic mass is 10.2. The number of aromatic nitrogens is 1. The van der Waals surface area contributed by atoms with Gasteiger partial charge >= 0.3 is 0 Å². The summed E-state index contributed by atoms with van der Waals surface area (Å²) in [7, 11) is 0. The van der Waals surface area contributed by atoms with E-state index in [4.69, 9.17) is 9.78 Å². The highest BCUT2D eigenvalue weighted by atomic mass is 16.5. The van der Waals surface area contributed by atoms with Crippen LogP contribution in [-0.4, -0.2) is 17.0 Å². The summed E-state index contributed by atoms with van der Waals surface area (Å²) in [5.41, 5.74) is 1.02. The van der Waals surface area contributed by atoms with Crippen LogP contribution in [-0.2, 0) is 9.59 Å². The molecule has 1 aliphatic rings. The topological polar surface area (TPSA) is 108 Å². The highest BCUT2D eigenvalue weighted by molar-refractivity contribution is 6.03. The molecule has 0 spiro atoms. The van der Waals surface area contributed by atoms with Gasteiger partial charge in [-0.15, -0.1) is 0 Å². The Bertz CT molecular complexity index is 806. The quantitative estimate of drug-likeness (QED) is 0.898. The third kappa shape index (κ3) is 3.37. The van der Waals surface area contributed by atoms with Crippen LogP contribution in [0.5, 0.6) is 0 Å². The highest BCUT2D eigenvalue weighted by Gasteiger charge is 2.48. The van der Waals surface area contributed by atoms with Crippen molar-refractivity contribution in [2.45, 2.75) is 13.3 Å². The van der Waals surface area contributed by atoms with Gasteiger partial charge in [0.05, 0.1) is 23.5 Å². The molecule has 2 aromatic rings. The minimum absolute atomic E-state index is 0.225. The maximum absolute atomic E-state index is 12.1. The Balaban J connectivity index is 1.56. The monoisotopic (exact) mass is 310 g/mol. The lowest BCUT2D eigenvalue weighted by Crippen LogP contribution is -2.20. The van der Waals surface area contributed by atoms with Gasteiger partial charge in [0.15, 0.2) is 5.82 Å². The molecule has 1 saturated carbocycles. The zero-order valence-corrected chi connectivity index (χ0v) is 12.4. The number of nitrogens with one attached hydrogen (secondary N) is 2. The lowest BCUT2D eigenvalue weighted by molar-refractivity contribution is -0.122. The molecule has 1 fully saturated rings. The summed E-state index contributed by atoms with van der Waals surface area (Å²) in [5, 5.41) is 17.9. The molecule has 2 amide bonds. The second-order valence-corrected chi connectivity index (χ2v) is 5.44. The fourth-order valence-corrected chi connectivity index (χ4v) is 2.32. The van der Waals surface area contributed by atoms with Gasteiger partial charge in [0.1, 0.15) is 5.76 Å². The summed E-state index contributed by atoms with van der Waals surface area (Å²) in [6.45, 7) is 1.73. The van der Waals surface area contributed by atoms with Crippen LogP contribution in [0.3, 0.4) is 0 Å². The van der Waals surface area contributed by atoms with Crippen LogP contribution in [0.4, 0.5) is 11.5 Å². The molecule has 23 heavy (non-hydrogen) atoms. The average Bonchev–Trinajstić information content (AvgIpc) is 3.25. The van der Waals surface area contributed by atoms with Crippen LogP contribution >= 0.6 is 0 Å². The molecule has 7 heteroatoms. The molecule has 0 bridgehead atoms. The molecule has 0 saturated heterocycles. The van der Waals surface area contributed by atoms with Crippen molar-refractivity contribution in [3.63, 3.8) is 0 Å². The fraction of sp³-hybridized carbons (Fsp3) is 0.250. The molecule has 1 aliphatic carbocycles. The average molecular weight is 310 g/mol. The van der Waals surface area contributed by atoms with Crippen molar-refractivity contribution >= 4 is 23.3 Å². The zero-order chi connectivity index (χ0) is 16.4. The summed E-state index contributed by atoms with van der Waals surface area (Å²) in [6.07, 6.45) is 0.493. The molecular formula is C16H14N4O3. The molecule has 1 heterocycles. The minimum atomic E-state index is -0.369. The summed E-state index contributed by atoms with van der Waals surface area (Å²) < 4.78 is 4.87. The number of aryl methyl sites for hydroxylation is 1. The Hall–Kier alpha value is -3.14. The van der Waals surface area contributed by atoms with E-state index in [-0.39, 0.29) is 23.7 Å². The fourth-order valence-electron chi connectivity index (χ4n) is 2.32. The number of carbonyl (C=O) groups excluding carboxylic acids is 2. The summed E-state index contributed by atoms with van der Waals surface area (Å²) in [5.74, 6) is -0.260. The first kappa shape index (κ1) is 14.8. The molecule has 2 unspecified atom stereocenters. The molecule has 2 atom stereocenters. The van der Waals surface area contributed by atoms with E-state index in [1.54, 1.807) is 37.3 Å². The van der Waals surface area contributed by atoms with Gasteiger partial charge in [-0.25, -0.2) is 0 Å². The maximum atomic E-state index is 12.1. The first-order valence-corrected chi connectivity index (χ1v) is 7.12. The largest absolute Gasteiger partial charge is 0.360 e.